The summed E-state index contributed by atoms with van der Waals surface area (Å²) in [6.45, 7) is 0. The van der Waals surface area contributed by atoms with E-state index in [1.54, 1.807) is 0 Å². The van der Waals surface area contributed by atoms with Gasteiger partial charge in [-0.3, -0.25) is 0 Å². The molecule has 66 valence electrons. The van der Waals surface area contributed by atoms with Crippen LogP contribution in [-0.2, 0) is 9.13 Å². The Bertz CT molecular complexity index is 135. The molecule has 0 heterocycles. The first-order valence-electron chi connectivity index (χ1n) is 1.46. The Labute approximate surface area is 164 Å². The van der Waals surface area contributed by atoms with Crippen LogP contribution in [0.15, 0.2) is 0 Å². The molecule has 0 saturated carbocycles. The molecule has 0 aliphatic heterocycles. The van der Waals surface area contributed by atoms with Crippen molar-refractivity contribution in [3.05, 3.63) is 0 Å². The first kappa shape index (κ1) is 36.1. The number of rotatable bonds is 0. The van der Waals surface area contributed by atoms with Gasteiger partial charge in [-0.15, -0.1) is 0 Å². The molecule has 0 bridgehead atoms. The van der Waals surface area contributed by atoms with E-state index >= 15 is 0 Å². The molecule has 0 aliphatic carbocycles. The maximum Gasteiger partial charge on any atom is 3.00 e. The minimum Gasteiger partial charge on any atom is -0.822 e. The SMILES string of the molecule is O=P([O-])([O-])[O-].O=P([O-])([O-])[O-].[Na+].[Na+].[Na+].[Sb+3]. The largest absolute Gasteiger partial charge is 3.00 e. The summed E-state index contributed by atoms with van der Waals surface area (Å²) in [6.07, 6.45) is 0. The smallest absolute Gasteiger partial charge is 0.822 e. The van der Waals surface area contributed by atoms with Crippen LogP contribution in [0.2, 0.25) is 0 Å². The second-order valence-electron chi connectivity index (χ2n) is 0.894. The number of phosphoric acid groups is 2. The fourth-order valence-electron chi connectivity index (χ4n) is 0. The van der Waals surface area contributed by atoms with E-state index in [-0.39, 0.29) is 113 Å². The predicted molar refractivity (Wildman–Crippen MR) is 21.0 cm³/mol. The topological polar surface area (TPSA) is 172 Å². The maximum atomic E-state index is 8.55. The summed E-state index contributed by atoms with van der Waals surface area (Å²) in [5.74, 6) is 0. The van der Waals surface area contributed by atoms with Gasteiger partial charge in [0.1, 0.15) is 0 Å². The molecule has 0 spiro atoms. The second-order valence-corrected chi connectivity index (χ2v) is 2.68. The Hall–Kier alpha value is 4.04. The van der Waals surface area contributed by atoms with E-state index in [2.05, 4.69) is 0 Å². The molecule has 0 saturated heterocycles. The summed E-state index contributed by atoms with van der Waals surface area (Å²) >= 11 is 0. The van der Waals surface area contributed by atoms with Crippen molar-refractivity contribution in [3.63, 3.8) is 0 Å². The first-order valence-corrected chi connectivity index (χ1v) is 4.38. The van der Waals surface area contributed by atoms with Crippen LogP contribution >= 0.6 is 15.6 Å². The van der Waals surface area contributed by atoms with Gasteiger partial charge in [0.25, 0.3) is 0 Å². The van der Waals surface area contributed by atoms with Crippen molar-refractivity contribution in [1.82, 2.24) is 0 Å². The number of hydrogen-bond donors (Lipinski definition) is 0. The van der Waals surface area contributed by atoms with E-state index < -0.39 is 15.6 Å². The molecule has 0 fully saturated rings. The Balaban J connectivity index is -0.0000000178. The van der Waals surface area contributed by atoms with Crippen LogP contribution < -0.4 is 118 Å². The third-order valence-corrected chi connectivity index (χ3v) is 0. The first-order chi connectivity index (χ1) is 4.00. The third kappa shape index (κ3) is 222. The predicted octanol–water partition coefficient (Wildman–Crippen LogP) is -15.0. The quantitative estimate of drug-likeness (QED) is 0.294. The maximum absolute atomic E-state index is 8.55. The Kier molecular flexibility index (Phi) is 44.0. The zero-order chi connectivity index (χ0) is 9.00. The molecule has 8 nitrogen and oxygen atoms in total. The van der Waals surface area contributed by atoms with Gasteiger partial charge in [0, 0.05) is 0 Å². The molecule has 0 aromatic rings. The van der Waals surface area contributed by atoms with Crippen LogP contribution in [0.4, 0.5) is 0 Å². The van der Waals surface area contributed by atoms with Gasteiger partial charge in [-0.2, -0.15) is 15.6 Å². The second kappa shape index (κ2) is 17.0. The van der Waals surface area contributed by atoms with Crippen molar-refractivity contribution in [2.24, 2.45) is 0 Å². The molecule has 2 radical (unpaired) electrons. The molecular weight excluding hydrogens is 381 g/mol. The summed E-state index contributed by atoms with van der Waals surface area (Å²) in [4.78, 5) is 51.3. The molecule has 0 N–H and O–H groups in total. The van der Waals surface area contributed by atoms with Gasteiger partial charge in [0.2, 0.25) is 0 Å². The van der Waals surface area contributed by atoms with Gasteiger partial charge in [-0.1, -0.05) is 0 Å². The molecule has 0 rings (SSSR count). The van der Waals surface area contributed by atoms with E-state index in [1.807, 2.05) is 0 Å². The van der Waals surface area contributed by atoms with Crippen molar-refractivity contribution in [1.29, 1.82) is 0 Å². The minimum atomic E-state index is -5.39. The van der Waals surface area contributed by atoms with Crippen LogP contribution in [0, 0.1) is 0 Å². The van der Waals surface area contributed by atoms with Crippen LogP contribution in [0.5, 0.6) is 0 Å². The summed E-state index contributed by atoms with van der Waals surface area (Å²) < 4.78 is 17.1. The molecular formula is Na3O8P2Sb. The third-order valence-electron chi connectivity index (χ3n) is 0. The van der Waals surface area contributed by atoms with Crippen molar-refractivity contribution in [3.8, 4) is 0 Å². The molecule has 0 atom stereocenters. The van der Waals surface area contributed by atoms with Crippen LogP contribution in [0.25, 0.3) is 0 Å². The van der Waals surface area contributed by atoms with Crippen LogP contribution in [-0.4, -0.2) is 24.4 Å². The fraction of sp³-hybridized carbons (Fsp3) is 0. The molecule has 0 amide bonds. The normalized spacial score (nSPS) is 8.43. The summed E-state index contributed by atoms with van der Waals surface area (Å²) in [5.41, 5.74) is 0. The van der Waals surface area contributed by atoms with E-state index in [0.29, 0.717) is 0 Å². The number of hydrogen-bond acceptors (Lipinski definition) is 8. The molecule has 14 heavy (non-hydrogen) atoms. The zero-order valence-electron chi connectivity index (χ0n) is 7.61. The average molecular weight is 381 g/mol. The van der Waals surface area contributed by atoms with E-state index in [4.69, 9.17) is 38.5 Å². The standard InChI is InChI=1S/3Na.2H3O4P.Sb/c;;;2*1-5(2,3)4;/h;;;2*(H3,1,2,3,4);/q3*+1;;;+3/p-6. The van der Waals surface area contributed by atoms with Gasteiger partial charge in [0.15, 0.2) is 0 Å². The van der Waals surface area contributed by atoms with Gasteiger partial charge < -0.3 is 38.5 Å². The molecule has 0 aromatic heterocycles. The molecule has 0 aliphatic rings. The van der Waals surface area contributed by atoms with Gasteiger partial charge in [-0.05, 0) is 0 Å². The molecule has 14 heteroatoms. The Morgan fingerprint density at radius 1 is 0.571 bits per heavy atom. The minimum absolute atomic E-state index is 0. The Morgan fingerprint density at radius 2 is 0.571 bits per heavy atom. The monoisotopic (exact) mass is 380 g/mol. The van der Waals surface area contributed by atoms with Crippen molar-refractivity contribution < 1.29 is 127 Å². The van der Waals surface area contributed by atoms with E-state index in [9.17, 15) is 0 Å². The fourth-order valence-corrected chi connectivity index (χ4v) is 0. The van der Waals surface area contributed by atoms with Crippen molar-refractivity contribution in [2.75, 3.05) is 0 Å². The molecule has 0 aromatic carbocycles. The van der Waals surface area contributed by atoms with E-state index in [1.165, 1.54) is 0 Å². The molecule has 0 unspecified atom stereocenters. The van der Waals surface area contributed by atoms with Crippen LogP contribution in [0.1, 0.15) is 0 Å². The van der Waals surface area contributed by atoms with Gasteiger partial charge in [-0.25, -0.2) is 0 Å². The van der Waals surface area contributed by atoms with Crippen molar-refractivity contribution >= 4 is 40.1 Å². The summed E-state index contributed by atoms with van der Waals surface area (Å²) in [5, 5.41) is 0. The summed E-state index contributed by atoms with van der Waals surface area (Å²) in [6, 6.07) is 0. The van der Waals surface area contributed by atoms with Gasteiger partial charge in [0.05, 0.1) is 0 Å². The Morgan fingerprint density at radius 3 is 0.571 bits per heavy atom. The zero-order valence-corrected chi connectivity index (χ0v) is 17.9. The van der Waals surface area contributed by atoms with E-state index in [0.717, 1.165) is 0 Å². The van der Waals surface area contributed by atoms with Crippen LogP contribution in [0.3, 0.4) is 0 Å². The van der Waals surface area contributed by atoms with Gasteiger partial charge >= 0.3 is 113 Å². The average Bonchev–Trinajstić information content (AvgIpc) is 1.12. The van der Waals surface area contributed by atoms with Crippen molar-refractivity contribution in [2.45, 2.75) is 0 Å². The summed E-state index contributed by atoms with van der Waals surface area (Å²) in [7, 11) is -10.8.